The summed E-state index contributed by atoms with van der Waals surface area (Å²) in [6.07, 6.45) is 0.479. The highest BCUT2D eigenvalue weighted by molar-refractivity contribution is 7.91. The summed E-state index contributed by atoms with van der Waals surface area (Å²) < 4.78 is 23.2. The van der Waals surface area contributed by atoms with Gasteiger partial charge in [-0.15, -0.1) is 11.3 Å². The molecule has 25 heavy (non-hydrogen) atoms. The van der Waals surface area contributed by atoms with Crippen molar-refractivity contribution >= 4 is 27.2 Å². The minimum atomic E-state index is -3.02. The molecule has 6 nitrogen and oxygen atoms in total. The number of hydrogen-bond donors (Lipinski definition) is 1. The van der Waals surface area contributed by atoms with Crippen molar-refractivity contribution in [2.24, 2.45) is 0 Å². The predicted octanol–water partition coefficient (Wildman–Crippen LogP) is 2.35. The summed E-state index contributed by atoms with van der Waals surface area (Å²) in [4.78, 5) is 19.7. The zero-order chi connectivity index (χ0) is 17.9. The molecule has 2 heterocycles. The molecule has 0 saturated carbocycles. The fraction of sp³-hybridized carbons (Fsp3) is 0.412. The molecule has 8 heteroatoms. The number of aryl methyl sites for hydroxylation is 1. The van der Waals surface area contributed by atoms with Gasteiger partial charge in [0.15, 0.2) is 9.84 Å². The lowest BCUT2D eigenvalue weighted by atomic mass is 10.2. The number of thiazole rings is 1. The number of hydrogen-bond acceptors (Lipinski definition) is 5. The predicted molar refractivity (Wildman–Crippen MR) is 98.1 cm³/mol. The maximum atomic E-state index is 12.8. The second-order valence-electron chi connectivity index (χ2n) is 6.25. The highest BCUT2D eigenvalue weighted by atomic mass is 32.2. The monoisotopic (exact) mass is 379 g/mol. The maximum Gasteiger partial charge on any atom is 0.318 e. The van der Waals surface area contributed by atoms with Crippen molar-refractivity contribution in [2.45, 2.75) is 32.5 Å². The molecule has 134 valence electrons. The van der Waals surface area contributed by atoms with E-state index >= 15 is 0 Å². The van der Waals surface area contributed by atoms with Gasteiger partial charge in [0.25, 0.3) is 0 Å². The van der Waals surface area contributed by atoms with Gasteiger partial charge in [-0.1, -0.05) is 30.3 Å². The van der Waals surface area contributed by atoms with Crippen LogP contribution in [-0.4, -0.2) is 41.9 Å². The Hall–Kier alpha value is -1.93. The lowest BCUT2D eigenvalue weighted by molar-refractivity contribution is 0.189. The number of benzene rings is 1. The Bertz CT molecular complexity index is 834. The third-order valence-electron chi connectivity index (χ3n) is 4.24. The van der Waals surface area contributed by atoms with Crippen molar-refractivity contribution in [2.75, 3.05) is 11.5 Å². The fourth-order valence-electron chi connectivity index (χ4n) is 2.83. The van der Waals surface area contributed by atoms with Gasteiger partial charge in [0.2, 0.25) is 0 Å². The number of sulfone groups is 1. The summed E-state index contributed by atoms with van der Waals surface area (Å²) in [6.45, 7) is 2.84. The standard InChI is InChI=1S/C17H21N3O3S2/c1-13-16(24-12-18-13)10-20(9-14-5-3-2-4-6-14)17(21)19-15-7-8-25(22,23)11-15/h2-6,12,15H,7-11H2,1H3,(H,19,21). The van der Waals surface area contributed by atoms with Crippen LogP contribution in [0.3, 0.4) is 0 Å². The Morgan fingerprint density at radius 1 is 1.32 bits per heavy atom. The Morgan fingerprint density at radius 3 is 2.68 bits per heavy atom. The molecule has 0 spiro atoms. The first-order valence-corrected chi connectivity index (χ1v) is 10.8. The van der Waals surface area contributed by atoms with Crippen LogP contribution in [0.4, 0.5) is 4.79 Å². The summed E-state index contributed by atoms with van der Waals surface area (Å²) >= 11 is 1.52. The molecule has 0 aliphatic carbocycles. The third-order valence-corrected chi connectivity index (χ3v) is 6.93. The first kappa shape index (κ1) is 17.9. The van der Waals surface area contributed by atoms with Crippen molar-refractivity contribution < 1.29 is 13.2 Å². The van der Waals surface area contributed by atoms with Crippen LogP contribution in [0.2, 0.25) is 0 Å². The zero-order valence-corrected chi connectivity index (χ0v) is 15.6. The smallest absolute Gasteiger partial charge is 0.318 e. The van der Waals surface area contributed by atoms with E-state index in [1.54, 1.807) is 10.4 Å². The SMILES string of the molecule is Cc1ncsc1CN(Cc1ccccc1)C(=O)NC1CCS(=O)(=O)C1. The van der Waals surface area contributed by atoms with E-state index in [0.717, 1.165) is 16.1 Å². The number of carbonyl (C=O) groups excluding carboxylic acids is 1. The Kier molecular flexibility index (Phi) is 5.39. The number of carbonyl (C=O) groups is 1. The van der Waals surface area contributed by atoms with Gasteiger partial charge in [-0.25, -0.2) is 18.2 Å². The largest absolute Gasteiger partial charge is 0.334 e. The molecule has 1 fully saturated rings. The Balaban J connectivity index is 1.73. The van der Waals surface area contributed by atoms with E-state index in [-0.39, 0.29) is 23.6 Å². The summed E-state index contributed by atoms with van der Waals surface area (Å²) in [5, 5.41) is 2.88. The molecule has 0 bridgehead atoms. The van der Waals surface area contributed by atoms with Crippen molar-refractivity contribution in [3.8, 4) is 0 Å². The Morgan fingerprint density at radius 2 is 2.08 bits per heavy atom. The van der Waals surface area contributed by atoms with Gasteiger partial charge in [-0.05, 0) is 18.9 Å². The fourth-order valence-corrected chi connectivity index (χ4v) is 5.29. The van der Waals surface area contributed by atoms with Gasteiger partial charge in [-0.2, -0.15) is 0 Å². The van der Waals surface area contributed by atoms with E-state index in [4.69, 9.17) is 0 Å². The molecule has 1 aromatic carbocycles. The summed E-state index contributed by atoms with van der Waals surface area (Å²) in [5.41, 5.74) is 3.71. The lowest BCUT2D eigenvalue weighted by Gasteiger charge is -2.24. The zero-order valence-electron chi connectivity index (χ0n) is 14.0. The van der Waals surface area contributed by atoms with Gasteiger partial charge < -0.3 is 10.2 Å². The van der Waals surface area contributed by atoms with Gasteiger partial charge in [0, 0.05) is 17.5 Å². The van der Waals surface area contributed by atoms with E-state index in [1.165, 1.54) is 11.3 Å². The van der Waals surface area contributed by atoms with Gasteiger partial charge >= 0.3 is 6.03 Å². The number of amides is 2. The quantitative estimate of drug-likeness (QED) is 0.865. The molecular formula is C17H21N3O3S2. The molecule has 2 aromatic rings. The maximum absolute atomic E-state index is 12.8. The summed E-state index contributed by atoms with van der Waals surface area (Å²) in [5.74, 6) is 0.169. The van der Waals surface area contributed by atoms with Crippen LogP contribution in [0, 0.1) is 6.92 Å². The summed E-state index contributed by atoms with van der Waals surface area (Å²) in [6, 6.07) is 9.21. The topological polar surface area (TPSA) is 79.4 Å². The molecule has 1 unspecified atom stereocenters. The number of rotatable bonds is 5. The van der Waals surface area contributed by atoms with Gasteiger partial charge in [0.05, 0.1) is 29.3 Å². The summed E-state index contributed by atoms with van der Waals surface area (Å²) in [7, 11) is -3.02. The third kappa shape index (κ3) is 4.79. The minimum Gasteiger partial charge on any atom is -0.334 e. The van der Waals surface area contributed by atoms with Crippen molar-refractivity contribution in [3.05, 3.63) is 52.0 Å². The first-order chi connectivity index (χ1) is 11.9. The van der Waals surface area contributed by atoms with Crippen LogP contribution < -0.4 is 5.32 Å². The normalized spacial score (nSPS) is 18.8. The molecule has 2 amide bonds. The minimum absolute atomic E-state index is 0.0253. The first-order valence-electron chi connectivity index (χ1n) is 8.12. The molecule has 1 aliphatic rings. The van der Waals surface area contributed by atoms with Crippen molar-refractivity contribution in [1.82, 2.24) is 15.2 Å². The molecular weight excluding hydrogens is 358 g/mol. The van der Waals surface area contributed by atoms with Crippen LogP contribution in [0.1, 0.15) is 22.6 Å². The number of nitrogens with zero attached hydrogens (tertiary/aromatic N) is 2. The molecule has 1 saturated heterocycles. The molecule has 1 aliphatic heterocycles. The molecule has 0 radical (unpaired) electrons. The molecule has 1 N–H and O–H groups in total. The molecule has 1 atom stereocenters. The van der Waals surface area contributed by atoms with Crippen molar-refractivity contribution in [1.29, 1.82) is 0 Å². The van der Waals surface area contributed by atoms with E-state index < -0.39 is 9.84 Å². The molecule has 1 aromatic heterocycles. The van der Waals surface area contributed by atoms with Crippen LogP contribution >= 0.6 is 11.3 Å². The average Bonchev–Trinajstić information content (AvgIpc) is 3.13. The van der Waals surface area contributed by atoms with Crippen LogP contribution in [0.15, 0.2) is 35.8 Å². The Labute approximate surface area is 151 Å². The van der Waals surface area contributed by atoms with Crippen LogP contribution in [0.5, 0.6) is 0 Å². The number of aromatic nitrogens is 1. The second-order valence-corrected chi connectivity index (χ2v) is 9.42. The van der Waals surface area contributed by atoms with E-state index in [2.05, 4.69) is 10.3 Å². The van der Waals surface area contributed by atoms with E-state index in [0.29, 0.717) is 19.5 Å². The van der Waals surface area contributed by atoms with Crippen LogP contribution in [-0.2, 0) is 22.9 Å². The number of nitrogens with one attached hydrogen (secondary N) is 1. The highest BCUT2D eigenvalue weighted by Gasteiger charge is 2.30. The van der Waals surface area contributed by atoms with Gasteiger partial charge in [0.1, 0.15) is 0 Å². The van der Waals surface area contributed by atoms with E-state index in [1.807, 2.05) is 37.3 Å². The second kappa shape index (κ2) is 7.53. The highest BCUT2D eigenvalue weighted by Crippen LogP contribution is 2.18. The average molecular weight is 380 g/mol. The van der Waals surface area contributed by atoms with E-state index in [9.17, 15) is 13.2 Å². The van der Waals surface area contributed by atoms with Crippen molar-refractivity contribution in [3.63, 3.8) is 0 Å². The van der Waals surface area contributed by atoms with Crippen LogP contribution in [0.25, 0.3) is 0 Å². The lowest BCUT2D eigenvalue weighted by Crippen LogP contribution is -2.44. The molecule has 3 rings (SSSR count). The van der Waals surface area contributed by atoms with Gasteiger partial charge in [-0.3, -0.25) is 0 Å². The number of urea groups is 1.